The Kier molecular flexibility index (Phi) is 4.11. The first kappa shape index (κ1) is 14.3. The maximum atomic E-state index is 12.9. The Bertz CT molecular complexity index is 615. The number of amides is 1. The van der Waals surface area contributed by atoms with Crippen molar-refractivity contribution < 1.29 is 4.79 Å². The number of nitrogens with zero attached hydrogens (tertiary/aromatic N) is 1. The molecule has 2 aromatic rings. The Balaban J connectivity index is 1.83. The Morgan fingerprint density at radius 3 is 2.52 bits per heavy atom. The fourth-order valence-corrected chi connectivity index (χ4v) is 3.53. The van der Waals surface area contributed by atoms with E-state index < -0.39 is 0 Å². The lowest BCUT2D eigenvalue weighted by Crippen LogP contribution is -2.39. The maximum absolute atomic E-state index is 12.9. The normalized spacial score (nSPS) is 15.7. The topological polar surface area (TPSA) is 20.3 Å². The van der Waals surface area contributed by atoms with Crippen molar-refractivity contribution in [1.82, 2.24) is 4.90 Å². The molecule has 2 nitrogen and oxygen atoms in total. The number of rotatable bonds is 5. The maximum Gasteiger partial charge on any atom is 0.264 e. The molecule has 1 fully saturated rings. The summed E-state index contributed by atoms with van der Waals surface area (Å²) in [7, 11) is 0. The molecule has 0 aliphatic heterocycles. The third kappa shape index (κ3) is 3.35. The van der Waals surface area contributed by atoms with Crippen LogP contribution in [0.3, 0.4) is 0 Å². The smallest absolute Gasteiger partial charge is 0.264 e. The van der Waals surface area contributed by atoms with Crippen LogP contribution in [0.15, 0.2) is 42.5 Å². The lowest BCUT2D eigenvalue weighted by molar-refractivity contribution is 0.0659. The highest BCUT2D eigenvalue weighted by Crippen LogP contribution is 2.36. The van der Waals surface area contributed by atoms with Crippen LogP contribution in [0.5, 0.6) is 0 Å². The van der Waals surface area contributed by atoms with Gasteiger partial charge in [0.05, 0.1) is 4.88 Å². The Morgan fingerprint density at radius 2 is 1.95 bits per heavy atom. The first-order chi connectivity index (χ1) is 10.1. The standard InChI is InChI=1S/C18H21NOS/c1-13-8-11-17(21-13)18(20)19(14(2)16-9-10-16)12-15-6-4-3-5-7-15/h3-8,11,14,16H,9-10,12H2,1-2H3. The first-order valence-corrected chi connectivity index (χ1v) is 8.38. The van der Waals surface area contributed by atoms with Crippen LogP contribution in [-0.2, 0) is 6.54 Å². The minimum Gasteiger partial charge on any atom is -0.331 e. The molecule has 0 bridgehead atoms. The molecule has 110 valence electrons. The third-order valence-corrected chi connectivity index (χ3v) is 5.19. The molecule has 1 heterocycles. The number of benzene rings is 1. The second-order valence-electron chi connectivity index (χ2n) is 5.91. The van der Waals surface area contributed by atoms with Gasteiger partial charge in [-0.3, -0.25) is 4.79 Å². The summed E-state index contributed by atoms with van der Waals surface area (Å²) in [6, 6.07) is 14.6. The number of carbonyl (C=O) groups excluding carboxylic acids is 1. The fraction of sp³-hybridized carbons (Fsp3) is 0.389. The molecule has 0 saturated heterocycles. The van der Waals surface area contributed by atoms with Gasteiger partial charge >= 0.3 is 0 Å². The van der Waals surface area contributed by atoms with Crippen LogP contribution < -0.4 is 0 Å². The van der Waals surface area contributed by atoms with Crippen molar-refractivity contribution in [3.05, 3.63) is 57.8 Å². The van der Waals surface area contributed by atoms with Gasteiger partial charge in [0.15, 0.2) is 0 Å². The zero-order valence-electron chi connectivity index (χ0n) is 12.6. The molecule has 21 heavy (non-hydrogen) atoms. The van der Waals surface area contributed by atoms with Crippen LogP contribution in [0.25, 0.3) is 0 Å². The average Bonchev–Trinajstić information content (AvgIpc) is 3.26. The van der Waals surface area contributed by atoms with Crippen LogP contribution in [0.4, 0.5) is 0 Å². The molecule has 3 rings (SSSR count). The van der Waals surface area contributed by atoms with E-state index in [1.54, 1.807) is 11.3 Å². The molecule has 1 aliphatic rings. The Hall–Kier alpha value is -1.61. The molecule has 1 amide bonds. The molecule has 0 N–H and O–H groups in total. The molecule has 1 aromatic heterocycles. The van der Waals surface area contributed by atoms with Crippen LogP contribution in [0, 0.1) is 12.8 Å². The van der Waals surface area contributed by atoms with E-state index >= 15 is 0 Å². The third-order valence-electron chi connectivity index (χ3n) is 4.20. The summed E-state index contributed by atoms with van der Waals surface area (Å²) in [5, 5.41) is 0. The minimum atomic E-state index is 0.177. The van der Waals surface area contributed by atoms with E-state index in [1.165, 1.54) is 23.3 Å². The summed E-state index contributed by atoms with van der Waals surface area (Å²) >= 11 is 1.59. The number of hydrogen-bond acceptors (Lipinski definition) is 2. The highest BCUT2D eigenvalue weighted by molar-refractivity contribution is 7.13. The second-order valence-corrected chi connectivity index (χ2v) is 7.19. The van der Waals surface area contributed by atoms with Gasteiger partial charge < -0.3 is 4.90 Å². The zero-order valence-corrected chi connectivity index (χ0v) is 13.4. The number of aryl methyl sites for hydroxylation is 1. The largest absolute Gasteiger partial charge is 0.331 e. The highest BCUT2D eigenvalue weighted by atomic mass is 32.1. The quantitative estimate of drug-likeness (QED) is 0.796. The SMILES string of the molecule is Cc1ccc(C(=O)N(Cc2ccccc2)C(C)C2CC2)s1. The average molecular weight is 299 g/mol. The molecule has 1 saturated carbocycles. The van der Waals surface area contributed by atoms with Crippen molar-refractivity contribution in [2.45, 2.75) is 39.3 Å². The van der Waals surface area contributed by atoms with Crippen LogP contribution in [-0.4, -0.2) is 16.8 Å². The Labute approximate surface area is 130 Å². The van der Waals surface area contributed by atoms with Crippen molar-refractivity contribution in [2.75, 3.05) is 0 Å². The van der Waals surface area contributed by atoms with E-state index in [4.69, 9.17) is 0 Å². The van der Waals surface area contributed by atoms with E-state index in [-0.39, 0.29) is 5.91 Å². The summed E-state index contributed by atoms with van der Waals surface area (Å²) in [5.41, 5.74) is 1.20. The van der Waals surface area contributed by atoms with Gasteiger partial charge in [0.1, 0.15) is 0 Å². The molecular weight excluding hydrogens is 278 g/mol. The van der Waals surface area contributed by atoms with Crippen molar-refractivity contribution in [2.24, 2.45) is 5.92 Å². The summed E-state index contributed by atoms with van der Waals surface area (Å²) in [4.78, 5) is 17.0. The van der Waals surface area contributed by atoms with E-state index in [1.807, 2.05) is 37.3 Å². The Morgan fingerprint density at radius 1 is 1.24 bits per heavy atom. The fourth-order valence-electron chi connectivity index (χ4n) is 2.70. The lowest BCUT2D eigenvalue weighted by Gasteiger charge is -2.29. The van der Waals surface area contributed by atoms with Gasteiger partial charge in [-0.2, -0.15) is 0 Å². The van der Waals surface area contributed by atoms with Crippen molar-refractivity contribution in [3.63, 3.8) is 0 Å². The predicted octanol–water partition coefficient (Wildman–Crippen LogP) is 4.50. The molecule has 0 spiro atoms. The van der Waals surface area contributed by atoms with Crippen molar-refractivity contribution in [1.29, 1.82) is 0 Å². The molecule has 1 aliphatic carbocycles. The molecule has 1 atom stereocenters. The van der Waals surface area contributed by atoms with Gasteiger partial charge in [-0.05, 0) is 50.3 Å². The number of hydrogen-bond donors (Lipinski definition) is 0. The predicted molar refractivity (Wildman–Crippen MR) is 87.6 cm³/mol. The molecule has 3 heteroatoms. The van der Waals surface area contributed by atoms with E-state index in [9.17, 15) is 4.79 Å². The summed E-state index contributed by atoms with van der Waals surface area (Å²) in [6.07, 6.45) is 2.51. The zero-order chi connectivity index (χ0) is 14.8. The monoisotopic (exact) mass is 299 g/mol. The van der Waals surface area contributed by atoms with Gasteiger partial charge in [0, 0.05) is 17.5 Å². The van der Waals surface area contributed by atoms with E-state index in [0.29, 0.717) is 18.5 Å². The van der Waals surface area contributed by atoms with Crippen LogP contribution in [0.1, 0.15) is 39.9 Å². The van der Waals surface area contributed by atoms with Gasteiger partial charge in [0.2, 0.25) is 0 Å². The van der Waals surface area contributed by atoms with Crippen LogP contribution >= 0.6 is 11.3 Å². The van der Waals surface area contributed by atoms with Crippen LogP contribution in [0.2, 0.25) is 0 Å². The van der Waals surface area contributed by atoms with E-state index in [0.717, 1.165) is 4.88 Å². The second kappa shape index (κ2) is 6.02. The highest BCUT2D eigenvalue weighted by Gasteiger charge is 2.34. The van der Waals surface area contributed by atoms with Crippen molar-refractivity contribution in [3.8, 4) is 0 Å². The first-order valence-electron chi connectivity index (χ1n) is 7.56. The van der Waals surface area contributed by atoms with Crippen molar-refractivity contribution >= 4 is 17.2 Å². The lowest BCUT2D eigenvalue weighted by atomic mass is 10.1. The van der Waals surface area contributed by atoms with Gasteiger partial charge in [-0.1, -0.05) is 30.3 Å². The number of thiophene rings is 1. The number of carbonyl (C=O) groups is 1. The van der Waals surface area contributed by atoms with Gasteiger partial charge in [-0.15, -0.1) is 11.3 Å². The van der Waals surface area contributed by atoms with Gasteiger partial charge in [0.25, 0.3) is 5.91 Å². The molecule has 1 unspecified atom stereocenters. The summed E-state index contributed by atoms with van der Waals surface area (Å²) in [6.45, 7) is 4.94. The molecule has 1 aromatic carbocycles. The molecule has 0 radical (unpaired) electrons. The molecular formula is C18H21NOS. The van der Waals surface area contributed by atoms with Gasteiger partial charge in [-0.25, -0.2) is 0 Å². The van der Waals surface area contributed by atoms with E-state index in [2.05, 4.69) is 24.0 Å². The summed E-state index contributed by atoms with van der Waals surface area (Å²) in [5.74, 6) is 0.857. The minimum absolute atomic E-state index is 0.177. The summed E-state index contributed by atoms with van der Waals surface area (Å²) < 4.78 is 0.